The van der Waals surface area contributed by atoms with E-state index in [1.54, 1.807) is 0 Å². The monoisotopic (exact) mass is 243 g/mol. The number of hydrogen-bond donors (Lipinski definition) is 2. The Bertz CT molecular complexity index is 476. The number of ether oxygens (including phenoxy) is 1. The number of benzene rings is 1. The molecule has 0 bridgehead atoms. The molecule has 1 amide bonds. The Kier molecular flexibility index (Phi) is 2.87. The number of rotatable bonds is 2. The molecule has 92 valence electrons. The normalized spacial score (nSPS) is 19.2. The van der Waals surface area contributed by atoms with Gasteiger partial charge in [0.15, 0.2) is 23.1 Å². The van der Waals surface area contributed by atoms with Crippen LogP contribution in [0.2, 0.25) is 0 Å². The molecule has 2 rings (SSSR count). The molecule has 1 saturated heterocycles. The fraction of sp³-hybridized carbons (Fsp3) is 0.364. The van der Waals surface area contributed by atoms with Crippen molar-refractivity contribution < 1.29 is 23.4 Å². The summed E-state index contributed by atoms with van der Waals surface area (Å²) in [6.45, 7) is 0.237. The van der Waals surface area contributed by atoms with Crippen molar-refractivity contribution >= 4 is 5.91 Å². The molecular formula is C11H11F2NO3. The van der Waals surface area contributed by atoms with E-state index in [0.717, 1.165) is 13.2 Å². The second kappa shape index (κ2) is 4.20. The van der Waals surface area contributed by atoms with Gasteiger partial charge in [-0.1, -0.05) is 0 Å². The minimum atomic E-state index is -0.940. The minimum absolute atomic E-state index is 0.0147. The number of amides is 1. The molecule has 0 saturated carbocycles. The Hall–Kier alpha value is -1.85. The zero-order valence-electron chi connectivity index (χ0n) is 9.09. The van der Waals surface area contributed by atoms with Gasteiger partial charge in [-0.05, 0) is 6.07 Å². The van der Waals surface area contributed by atoms with Crippen molar-refractivity contribution in [2.24, 2.45) is 0 Å². The molecule has 1 fully saturated rings. The van der Waals surface area contributed by atoms with Gasteiger partial charge < -0.3 is 15.2 Å². The first-order valence-corrected chi connectivity index (χ1v) is 5.06. The molecule has 1 aliphatic heterocycles. The van der Waals surface area contributed by atoms with Gasteiger partial charge in [0.2, 0.25) is 5.91 Å². The highest BCUT2D eigenvalue weighted by atomic mass is 19.1. The van der Waals surface area contributed by atoms with Gasteiger partial charge in [0.25, 0.3) is 0 Å². The van der Waals surface area contributed by atoms with Crippen LogP contribution in [0.5, 0.6) is 11.5 Å². The number of phenolic OH excluding ortho intramolecular Hbond substituents is 1. The third kappa shape index (κ3) is 1.90. The van der Waals surface area contributed by atoms with Crippen molar-refractivity contribution in [3.8, 4) is 11.5 Å². The molecule has 17 heavy (non-hydrogen) atoms. The summed E-state index contributed by atoms with van der Waals surface area (Å²) in [5.74, 6) is -3.85. The van der Waals surface area contributed by atoms with Crippen LogP contribution < -0.4 is 10.1 Å². The second-order valence-corrected chi connectivity index (χ2v) is 3.85. The topological polar surface area (TPSA) is 58.6 Å². The maximum Gasteiger partial charge on any atom is 0.220 e. The van der Waals surface area contributed by atoms with E-state index in [9.17, 15) is 18.7 Å². The van der Waals surface area contributed by atoms with Gasteiger partial charge in [-0.3, -0.25) is 4.79 Å². The van der Waals surface area contributed by atoms with Crippen LogP contribution in [-0.4, -0.2) is 24.7 Å². The summed E-state index contributed by atoms with van der Waals surface area (Å²) < 4.78 is 31.8. The SMILES string of the molecule is COc1c(F)cc([C@@H]2CNC(=O)C2)c(F)c1O. The lowest BCUT2D eigenvalue weighted by atomic mass is 9.97. The second-order valence-electron chi connectivity index (χ2n) is 3.85. The van der Waals surface area contributed by atoms with Gasteiger partial charge in [-0.25, -0.2) is 8.78 Å². The van der Waals surface area contributed by atoms with Gasteiger partial charge in [0.1, 0.15) is 0 Å². The van der Waals surface area contributed by atoms with E-state index in [-0.39, 0.29) is 24.4 Å². The molecule has 4 nitrogen and oxygen atoms in total. The number of aromatic hydroxyl groups is 1. The molecule has 1 heterocycles. The van der Waals surface area contributed by atoms with E-state index in [0.29, 0.717) is 0 Å². The Morgan fingerprint density at radius 2 is 2.24 bits per heavy atom. The van der Waals surface area contributed by atoms with Crippen molar-refractivity contribution in [3.05, 3.63) is 23.3 Å². The number of methoxy groups -OCH3 is 1. The Morgan fingerprint density at radius 3 is 2.76 bits per heavy atom. The van der Waals surface area contributed by atoms with E-state index >= 15 is 0 Å². The first-order valence-electron chi connectivity index (χ1n) is 5.06. The van der Waals surface area contributed by atoms with Crippen LogP contribution >= 0.6 is 0 Å². The smallest absolute Gasteiger partial charge is 0.220 e. The summed E-state index contributed by atoms with van der Waals surface area (Å²) in [7, 11) is 1.14. The molecule has 0 aliphatic carbocycles. The van der Waals surface area contributed by atoms with Gasteiger partial charge >= 0.3 is 0 Å². The highest BCUT2D eigenvalue weighted by Gasteiger charge is 2.29. The molecule has 0 aromatic heterocycles. The summed E-state index contributed by atoms with van der Waals surface area (Å²) in [6.07, 6.45) is 0.0854. The van der Waals surface area contributed by atoms with Crippen LogP contribution in [0.3, 0.4) is 0 Å². The zero-order chi connectivity index (χ0) is 12.6. The van der Waals surface area contributed by atoms with Gasteiger partial charge in [-0.15, -0.1) is 0 Å². The number of carbonyl (C=O) groups excluding carboxylic acids is 1. The fourth-order valence-corrected chi connectivity index (χ4v) is 1.93. The van der Waals surface area contributed by atoms with Crippen LogP contribution in [0.1, 0.15) is 17.9 Å². The summed E-state index contributed by atoms with van der Waals surface area (Å²) in [5, 5.41) is 12.0. The minimum Gasteiger partial charge on any atom is -0.502 e. The predicted molar refractivity (Wildman–Crippen MR) is 54.9 cm³/mol. The van der Waals surface area contributed by atoms with E-state index in [2.05, 4.69) is 10.1 Å². The Labute approximate surface area is 96.2 Å². The number of carbonyl (C=O) groups is 1. The third-order valence-electron chi connectivity index (χ3n) is 2.80. The molecule has 1 atom stereocenters. The first-order chi connectivity index (χ1) is 8.04. The lowest BCUT2D eigenvalue weighted by Gasteiger charge is -2.13. The fourth-order valence-electron chi connectivity index (χ4n) is 1.93. The summed E-state index contributed by atoms with van der Waals surface area (Å²) in [6, 6.07) is 0.957. The molecule has 1 aromatic rings. The quantitative estimate of drug-likeness (QED) is 0.822. The predicted octanol–water partition coefficient (Wildman–Crippen LogP) is 1.28. The maximum absolute atomic E-state index is 13.8. The highest BCUT2D eigenvalue weighted by Crippen LogP contribution is 2.38. The van der Waals surface area contributed by atoms with Crippen LogP contribution in [0.15, 0.2) is 6.07 Å². The summed E-state index contributed by atoms with van der Waals surface area (Å²) >= 11 is 0. The van der Waals surface area contributed by atoms with Crippen LogP contribution in [0, 0.1) is 11.6 Å². The first kappa shape index (κ1) is 11.6. The number of phenols is 1. The molecule has 6 heteroatoms. The van der Waals surface area contributed by atoms with Crippen LogP contribution in [0.25, 0.3) is 0 Å². The Balaban J connectivity index is 2.45. The molecular weight excluding hydrogens is 232 g/mol. The molecule has 0 unspecified atom stereocenters. The number of nitrogens with one attached hydrogen (secondary N) is 1. The molecule has 1 aromatic carbocycles. The average Bonchev–Trinajstić information content (AvgIpc) is 2.71. The molecule has 0 radical (unpaired) electrons. The van der Waals surface area contributed by atoms with Crippen molar-refractivity contribution in [2.75, 3.05) is 13.7 Å². The van der Waals surface area contributed by atoms with Crippen LogP contribution in [-0.2, 0) is 4.79 Å². The lowest BCUT2D eigenvalue weighted by Crippen LogP contribution is -2.13. The average molecular weight is 243 g/mol. The van der Waals surface area contributed by atoms with E-state index in [1.807, 2.05) is 0 Å². The lowest BCUT2D eigenvalue weighted by molar-refractivity contribution is -0.119. The molecule has 2 N–H and O–H groups in total. The van der Waals surface area contributed by atoms with E-state index in [4.69, 9.17) is 0 Å². The maximum atomic E-state index is 13.8. The largest absolute Gasteiger partial charge is 0.502 e. The number of halogens is 2. The number of hydrogen-bond acceptors (Lipinski definition) is 3. The van der Waals surface area contributed by atoms with Crippen molar-refractivity contribution in [3.63, 3.8) is 0 Å². The zero-order valence-corrected chi connectivity index (χ0v) is 9.09. The van der Waals surface area contributed by atoms with E-state index < -0.39 is 29.1 Å². The van der Waals surface area contributed by atoms with Crippen molar-refractivity contribution in [1.82, 2.24) is 5.32 Å². The standard InChI is InChI=1S/C11H11F2NO3/c1-17-11-7(12)3-6(9(13)10(11)16)5-2-8(15)14-4-5/h3,5,16H,2,4H2,1H3,(H,14,15)/t5-/m0/s1. The van der Waals surface area contributed by atoms with Crippen LogP contribution in [0.4, 0.5) is 8.78 Å². The highest BCUT2D eigenvalue weighted by molar-refractivity contribution is 5.79. The van der Waals surface area contributed by atoms with Crippen molar-refractivity contribution in [1.29, 1.82) is 0 Å². The molecule has 0 spiro atoms. The Morgan fingerprint density at radius 1 is 1.53 bits per heavy atom. The molecule has 1 aliphatic rings. The summed E-state index contributed by atoms with van der Waals surface area (Å²) in [5.41, 5.74) is -0.0147. The summed E-state index contributed by atoms with van der Waals surface area (Å²) in [4.78, 5) is 11.0. The van der Waals surface area contributed by atoms with E-state index in [1.165, 1.54) is 0 Å². The van der Waals surface area contributed by atoms with Crippen molar-refractivity contribution in [2.45, 2.75) is 12.3 Å². The van der Waals surface area contributed by atoms with Gasteiger partial charge in [0.05, 0.1) is 7.11 Å². The van der Waals surface area contributed by atoms with Gasteiger partial charge in [-0.2, -0.15) is 0 Å². The third-order valence-corrected chi connectivity index (χ3v) is 2.80. The van der Waals surface area contributed by atoms with Gasteiger partial charge in [0, 0.05) is 24.4 Å².